The fourth-order valence-electron chi connectivity index (χ4n) is 2.47. The molecular weight excluding hydrogens is 295 g/mol. The van der Waals surface area contributed by atoms with Crippen molar-refractivity contribution in [2.45, 2.75) is 0 Å². The average Bonchev–Trinajstić information content (AvgIpc) is 3.01. The van der Waals surface area contributed by atoms with Gasteiger partial charge in [0.2, 0.25) is 0 Å². The van der Waals surface area contributed by atoms with E-state index in [4.69, 9.17) is 0 Å². The van der Waals surface area contributed by atoms with Crippen LogP contribution in [0.25, 0.3) is 28.2 Å². The zero-order chi connectivity index (χ0) is 15.8. The lowest BCUT2D eigenvalue weighted by atomic mass is 10.1. The van der Waals surface area contributed by atoms with E-state index >= 15 is 0 Å². The summed E-state index contributed by atoms with van der Waals surface area (Å²) >= 11 is 0. The van der Waals surface area contributed by atoms with Crippen LogP contribution in [0.15, 0.2) is 65.7 Å². The Balaban J connectivity index is 1.96. The first-order valence-corrected chi connectivity index (χ1v) is 7.01. The number of aromatic nitrogens is 4. The molecule has 6 heteroatoms. The van der Waals surface area contributed by atoms with Crippen LogP contribution < -0.4 is 5.56 Å². The zero-order valence-corrected chi connectivity index (χ0v) is 11.9. The fourth-order valence-corrected chi connectivity index (χ4v) is 2.47. The number of rotatable bonds is 2. The van der Waals surface area contributed by atoms with Gasteiger partial charge < -0.3 is 0 Å². The van der Waals surface area contributed by atoms with Gasteiger partial charge in [0.15, 0.2) is 5.65 Å². The molecule has 0 bridgehead atoms. The quantitative estimate of drug-likeness (QED) is 0.619. The molecule has 0 spiro atoms. The lowest BCUT2D eigenvalue weighted by molar-refractivity contribution is 0.628. The van der Waals surface area contributed by atoms with Crippen LogP contribution in [-0.2, 0) is 0 Å². The molecule has 3 heterocycles. The van der Waals surface area contributed by atoms with E-state index in [9.17, 15) is 9.18 Å². The Labute approximate surface area is 130 Å². The van der Waals surface area contributed by atoms with E-state index in [1.54, 1.807) is 36.7 Å². The van der Waals surface area contributed by atoms with Crippen molar-refractivity contribution in [2.24, 2.45) is 0 Å². The zero-order valence-electron chi connectivity index (χ0n) is 11.9. The normalized spacial score (nSPS) is 11.0. The molecule has 0 radical (unpaired) electrons. The van der Waals surface area contributed by atoms with Crippen molar-refractivity contribution in [3.8, 4) is 22.5 Å². The highest BCUT2D eigenvalue weighted by molar-refractivity contribution is 5.78. The maximum Gasteiger partial charge on any atom is 0.273 e. The molecular formula is C17H11FN4O. The second-order valence-corrected chi connectivity index (χ2v) is 5.05. The summed E-state index contributed by atoms with van der Waals surface area (Å²) in [7, 11) is 0. The Morgan fingerprint density at radius 2 is 1.87 bits per heavy atom. The molecule has 0 saturated heterocycles. The van der Waals surface area contributed by atoms with Gasteiger partial charge in [-0.25, -0.2) is 13.9 Å². The predicted molar refractivity (Wildman–Crippen MR) is 84.4 cm³/mol. The summed E-state index contributed by atoms with van der Waals surface area (Å²) in [4.78, 5) is 21.0. The summed E-state index contributed by atoms with van der Waals surface area (Å²) in [5.74, 6) is -0.312. The Bertz CT molecular complexity index is 1040. The number of aromatic amines is 1. The van der Waals surface area contributed by atoms with Gasteiger partial charge in [-0.05, 0) is 29.8 Å². The second-order valence-electron chi connectivity index (χ2n) is 5.05. The van der Waals surface area contributed by atoms with Crippen molar-refractivity contribution in [3.05, 3.63) is 77.1 Å². The highest BCUT2D eigenvalue weighted by Crippen LogP contribution is 2.24. The lowest BCUT2D eigenvalue weighted by Gasteiger charge is -2.02. The van der Waals surface area contributed by atoms with Crippen LogP contribution in [0.5, 0.6) is 0 Å². The number of hydrogen-bond acceptors (Lipinski definition) is 3. The molecule has 4 rings (SSSR count). The summed E-state index contributed by atoms with van der Waals surface area (Å²) < 4.78 is 14.5. The van der Waals surface area contributed by atoms with E-state index in [0.717, 1.165) is 11.1 Å². The van der Waals surface area contributed by atoms with E-state index in [-0.39, 0.29) is 11.4 Å². The molecule has 0 aliphatic heterocycles. The number of nitrogens with one attached hydrogen (secondary N) is 1. The van der Waals surface area contributed by atoms with Crippen molar-refractivity contribution < 1.29 is 4.39 Å². The van der Waals surface area contributed by atoms with Crippen LogP contribution in [0, 0.1) is 5.82 Å². The third-order valence-corrected chi connectivity index (χ3v) is 3.58. The molecule has 5 nitrogen and oxygen atoms in total. The van der Waals surface area contributed by atoms with Gasteiger partial charge in [-0.15, -0.1) is 0 Å². The molecule has 0 aliphatic carbocycles. The second kappa shape index (κ2) is 5.17. The molecule has 0 fully saturated rings. The average molecular weight is 306 g/mol. The summed E-state index contributed by atoms with van der Waals surface area (Å²) in [6.45, 7) is 0. The molecule has 112 valence electrons. The minimum atomic E-state index is -0.312. The largest absolute Gasteiger partial charge is 0.296 e. The van der Waals surface area contributed by atoms with Gasteiger partial charge in [-0.3, -0.25) is 14.9 Å². The molecule has 4 aromatic rings. The number of hydrogen-bond donors (Lipinski definition) is 1. The highest BCUT2D eigenvalue weighted by Gasteiger charge is 2.12. The van der Waals surface area contributed by atoms with Crippen LogP contribution in [0.4, 0.5) is 4.39 Å². The Morgan fingerprint density at radius 1 is 1.04 bits per heavy atom. The van der Waals surface area contributed by atoms with E-state index in [2.05, 4.69) is 15.1 Å². The number of fused-ring (bicyclic) bond motifs is 1. The van der Waals surface area contributed by atoms with E-state index < -0.39 is 0 Å². The summed E-state index contributed by atoms with van der Waals surface area (Å²) in [6, 6.07) is 12.9. The predicted octanol–water partition coefficient (Wildman–Crippen LogP) is 2.89. The SMILES string of the molecule is O=c1cc(-c2ccccn2)nc2c(-c3ccc(F)cc3)c[nH]n12. The molecule has 3 aromatic heterocycles. The molecule has 0 aliphatic rings. The van der Waals surface area contributed by atoms with Gasteiger partial charge in [0.25, 0.3) is 5.56 Å². The number of H-pyrrole nitrogens is 1. The van der Waals surface area contributed by atoms with Gasteiger partial charge >= 0.3 is 0 Å². The molecule has 0 amide bonds. The third kappa shape index (κ3) is 2.30. The summed E-state index contributed by atoms with van der Waals surface area (Å²) in [5, 5.41) is 2.88. The van der Waals surface area contributed by atoms with E-state index in [0.29, 0.717) is 17.0 Å². The van der Waals surface area contributed by atoms with Crippen molar-refractivity contribution >= 4 is 5.65 Å². The first kappa shape index (κ1) is 13.4. The third-order valence-electron chi connectivity index (χ3n) is 3.58. The van der Waals surface area contributed by atoms with Crippen molar-refractivity contribution in [1.82, 2.24) is 19.6 Å². The van der Waals surface area contributed by atoms with Gasteiger partial charge in [-0.1, -0.05) is 18.2 Å². The van der Waals surface area contributed by atoms with Gasteiger partial charge in [0, 0.05) is 24.0 Å². The number of benzene rings is 1. The minimum Gasteiger partial charge on any atom is -0.296 e. The molecule has 0 saturated carbocycles. The van der Waals surface area contributed by atoms with Crippen LogP contribution in [-0.4, -0.2) is 19.6 Å². The smallest absolute Gasteiger partial charge is 0.273 e. The van der Waals surface area contributed by atoms with Crippen LogP contribution in [0.1, 0.15) is 0 Å². The molecule has 0 atom stereocenters. The molecule has 1 N–H and O–H groups in total. The van der Waals surface area contributed by atoms with Crippen LogP contribution >= 0.6 is 0 Å². The van der Waals surface area contributed by atoms with Gasteiger partial charge in [-0.2, -0.15) is 0 Å². The first-order valence-electron chi connectivity index (χ1n) is 7.01. The van der Waals surface area contributed by atoms with E-state index in [1.807, 2.05) is 6.07 Å². The van der Waals surface area contributed by atoms with Crippen molar-refractivity contribution in [2.75, 3.05) is 0 Å². The first-order chi connectivity index (χ1) is 11.2. The van der Waals surface area contributed by atoms with Gasteiger partial charge in [0.1, 0.15) is 5.82 Å². The highest BCUT2D eigenvalue weighted by atomic mass is 19.1. The van der Waals surface area contributed by atoms with Crippen LogP contribution in [0.3, 0.4) is 0 Å². The van der Waals surface area contributed by atoms with Crippen molar-refractivity contribution in [1.29, 1.82) is 0 Å². The molecule has 1 aromatic carbocycles. The van der Waals surface area contributed by atoms with Gasteiger partial charge in [0.05, 0.1) is 11.4 Å². The lowest BCUT2D eigenvalue weighted by Crippen LogP contribution is -2.14. The fraction of sp³-hybridized carbons (Fsp3) is 0. The summed E-state index contributed by atoms with van der Waals surface area (Å²) in [6.07, 6.45) is 3.33. The number of halogens is 1. The Hall–Kier alpha value is -3.28. The Kier molecular flexibility index (Phi) is 3.01. The standard InChI is InChI=1S/C17H11FN4O/c18-12-6-4-11(5-7-12)13-10-20-22-16(23)9-15(21-17(13)22)14-3-1-2-8-19-14/h1-10,20H. The number of pyridine rings is 1. The van der Waals surface area contributed by atoms with E-state index in [1.165, 1.54) is 22.7 Å². The monoisotopic (exact) mass is 306 g/mol. The summed E-state index contributed by atoms with van der Waals surface area (Å²) in [5.41, 5.74) is 2.86. The molecule has 0 unspecified atom stereocenters. The van der Waals surface area contributed by atoms with Crippen molar-refractivity contribution in [3.63, 3.8) is 0 Å². The number of nitrogens with zero attached hydrogens (tertiary/aromatic N) is 3. The Morgan fingerprint density at radius 3 is 2.61 bits per heavy atom. The molecule has 23 heavy (non-hydrogen) atoms. The maximum atomic E-state index is 13.1. The van der Waals surface area contributed by atoms with Crippen LogP contribution in [0.2, 0.25) is 0 Å². The maximum absolute atomic E-state index is 13.1. The topological polar surface area (TPSA) is 63.0 Å². The minimum absolute atomic E-state index is 0.232.